The number of aliphatic hydroxyl groups is 11. The summed E-state index contributed by atoms with van der Waals surface area (Å²) in [5, 5.41) is 119. The Kier molecular flexibility index (Phi) is 30.4. The molecule has 0 aromatic heterocycles. The summed E-state index contributed by atoms with van der Waals surface area (Å²) in [5.74, 6) is -0.257. The molecule has 19 heteroatoms. The number of carbonyl (C=O) groups is 1. The molecular weight excluding hydrogens is 879 g/mol. The minimum atomic E-state index is -1.97. The van der Waals surface area contributed by atoms with Crippen molar-refractivity contribution in [1.29, 1.82) is 0 Å². The molecule has 17 unspecified atom stereocenters. The number of nitrogens with one attached hydrogen (secondary N) is 1. The van der Waals surface area contributed by atoms with Crippen LogP contribution < -0.4 is 5.32 Å². The average Bonchev–Trinajstić information content (AvgIpc) is 3.32. The van der Waals surface area contributed by atoms with E-state index in [1.165, 1.54) is 44.9 Å². The van der Waals surface area contributed by atoms with Crippen LogP contribution in [0.5, 0.6) is 0 Å². The number of amides is 1. The van der Waals surface area contributed by atoms with Crippen LogP contribution in [-0.2, 0) is 33.2 Å². The SMILES string of the molecule is CCCCCCCC/C=C\CCCCCCCC(=O)NC(COC1OC(CO)C(OC2OC(CO)C(OC3OC(CO)C(O)C(O)C3O)C(O)C2O)C(O)C1O)C(O)CCCCCCCCC. The van der Waals surface area contributed by atoms with Gasteiger partial charge in [-0.25, -0.2) is 0 Å². The van der Waals surface area contributed by atoms with Gasteiger partial charge in [0.15, 0.2) is 18.9 Å². The number of unbranched alkanes of at least 4 members (excludes halogenated alkanes) is 17. The van der Waals surface area contributed by atoms with Crippen LogP contribution in [0.3, 0.4) is 0 Å². The molecule has 3 rings (SSSR count). The molecule has 0 radical (unpaired) electrons. The molecule has 0 saturated carbocycles. The maximum Gasteiger partial charge on any atom is 0.220 e. The van der Waals surface area contributed by atoms with E-state index in [0.29, 0.717) is 12.8 Å². The normalized spacial score (nSPS) is 33.5. The smallest absolute Gasteiger partial charge is 0.220 e. The Bertz CT molecular complexity index is 1300. The van der Waals surface area contributed by atoms with Crippen molar-refractivity contribution < 1.29 is 89.4 Å². The van der Waals surface area contributed by atoms with Gasteiger partial charge in [0.1, 0.15) is 73.2 Å². The molecule has 3 fully saturated rings. The summed E-state index contributed by atoms with van der Waals surface area (Å²) in [4.78, 5) is 13.2. The summed E-state index contributed by atoms with van der Waals surface area (Å²) < 4.78 is 34.1. The molecule has 3 saturated heterocycles. The Balaban J connectivity index is 1.53. The molecule has 0 spiro atoms. The van der Waals surface area contributed by atoms with Crippen LogP contribution in [0.4, 0.5) is 0 Å². The molecule has 19 nitrogen and oxygen atoms in total. The van der Waals surface area contributed by atoms with Gasteiger partial charge in [-0.15, -0.1) is 0 Å². The van der Waals surface area contributed by atoms with Gasteiger partial charge < -0.3 is 89.9 Å². The molecule has 1 amide bonds. The minimum Gasteiger partial charge on any atom is -0.394 e. The van der Waals surface area contributed by atoms with Gasteiger partial charge in [-0.2, -0.15) is 0 Å². The highest BCUT2D eigenvalue weighted by Crippen LogP contribution is 2.33. The van der Waals surface area contributed by atoms with E-state index in [0.717, 1.165) is 77.0 Å². The number of hydrogen-bond donors (Lipinski definition) is 12. The third-order valence-electron chi connectivity index (χ3n) is 13.1. The van der Waals surface area contributed by atoms with E-state index < -0.39 is 124 Å². The topological polar surface area (TPSA) is 307 Å². The van der Waals surface area contributed by atoms with Gasteiger partial charge in [0, 0.05) is 6.42 Å². The Morgan fingerprint density at radius 2 is 0.940 bits per heavy atom. The van der Waals surface area contributed by atoms with Crippen molar-refractivity contribution in [2.24, 2.45) is 0 Å². The molecule has 17 atom stereocenters. The number of carbonyl (C=O) groups excluding carboxylic acids is 1. The van der Waals surface area contributed by atoms with E-state index in [4.69, 9.17) is 28.4 Å². The lowest BCUT2D eigenvalue weighted by Crippen LogP contribution is -2.66. The second-order valence-corrected chi connectivity index (χ2v) is 18.6. The minimum absolute atomic E-state index is 0.257. The van der Waals surface area contributed by atoms with E-state index in [1.54, 1.807) is 0 Å². The van der Waals surface area contributed by atoms with E-state index in [1.807, 2.05) is 0 Å². The fourth-order valence-electron chi connectivity index (χ4n) is 8.78. The summed E-state index contributed by atoms with van der Waals surface area (Å²) in [5.41, 5.74) is 0. The second-order valence-electron chi connectivity index (χ2n) is 18.6. The van der Waals surface area contributed by atoms with Gasteiger partial charge in [-0.05, 0) is 38.5 Å². The maximum atomic E-state index is 13.2. The molecule has 67 heavy (non-hydrogen) atoms. The lowest BCUT2D eigenvalue weighted by atomic mass is 9.96. The van der Waals surface area contributed by atoms with E-state index in [9.17, 15) is 61.0 Å². The molecule has 3 heterocycles. The fraction of sp³-hybridized carbons (Fsp3) is 0.938. The van der Waals surface area contributed by atoms with Crippen molar-refractivity contribution in [2.75, 3.05) is 26.4 Å². The first-order chi connectivity index (χ1) is 32.3. The van der Waals surface area contributed by atoms with Gasteiger partial charge in [0.2, 0.25) is 5.91 Å². The fourth-order valence-corrected chi connectivity index (χ4v) is 8.78. The Hall–Kier alpha value is -1.47. The van der Waals surface area contributed by atoms with Crippen LogP contribution in [0.1, 0.15) is 155 Å². The molecule has 0 bridgehead atoms. The predicted molar refractivity (Wildman–Crippen MR) is 245 cm³/mol. The van der Waals surface area contributed by atoms with Crippen LogP contribution in [0.25, 0.3) is 0 Å². The molecule has 0 aromatic rings. The molecule has 12 N–H and O–H groups in total. The van der Waals surface area contributed by atoms with Crippen LogP contribution >= 0.6 is 0 Å². The number of ether oxygens (including phenoxy) is 6. The second kappa shape index (κ2) is 34.0. The summed E-state index contributed by atoms with van der Waals surface area (Å²) in [6.45, 7) is 1.68. The summed E-state index contributed by atoms with van der Waals surface area (Å²) in [6.07, 6.45) is 0.698. The van der Waals surface area contributed by atoms with E-state index in [-0.39, 0.29) is 18.9 Å². The lowest BCUT2D eigenvalue weighted by molar-refractivity contribution is -0.379. The van der Waals surface area contributed by atoms with Gasteiger partial charge >= 0.3 is 0 Å². The summed E-state index contributed by atoms with van der Waals surface area (Å²) >= 11 is 0. The number of hydrogen-bond acceptors (Lipinski definition) is 18. The quantitative estimate of drug-likeness (QED) is 0.0316. The van der Waals surface area contributed by atoms with Crippen LogP contribution in [0, 0.1) is 0 Å². The third-order valence-corrected chi connectivity index (χ3v) is 13.1. The molecule has 3 aliphatic heterocycles. The molecule has 3 aliphatic rings. The van der Waals surface area contributed by atoms with Crippen LogP contribution in [-0.4, -0.2) is 193 Å². The predicted octanol–water partition coefficient (Wildman–Crippen LogP) is 1.48. The standard InChI is InChI=1S/C48H89NO18/c1-3-5-7-9-11-12-13-14-15-16-17-18-20-22-24-26-36(54)49-31(32(53)25-23-21-19-10-8-6-4-2)30-62-46-42(60)39(57)44(34(28-51)64-46)67-48-43(61)40(58)45(35(29-52)65-48)66-47-41(59)38(56)37(55)33(27-50)63-47/h14-15,31-35,37-48,50-53,55-61H,3-13,16-30H2,1-2H3,(H,49,54)/b15-14-. The van der Waals surface area contributed by atoms with E-state index in [2.05, 4.69) is 31.3 Å². The van der Waals surface area contributed by atoms with Crippen molar-refractivity contribution in [2.45, 2.75) is 259 Å². The monoisotopic (exact) mass is 968 g/mol. The van der Waals surface area contributed by atoms with E-state index >= 15 is 0 Å². The first-order valence-electron chi connectivity index (χ1n) is 25.4. The van der Waals surface area contributed by atoms with Crippen molar-refractivity contribution >= 4 is 5.91 Å². The zero-order valence-electron chi connectivity index (χ0n) is 40.1. The van der Waals surface area contributed by atoms with Gasteiger partial charge in [0.05, 0.1) is 38.6 Å². The molecule has 394 valence electrons. The van der Waals surface area contributed by atoms with Crippen molar-refractivity contribution in [3.63, 3.8) is 0 Å². The highest BCUT2D eigenvalue weighted by Gasteiger charge is 2.53. The van der Waals surface area contributed by atoms with Crippen molar-refractivity contribution in [3.8, 4) is 0 Å². The molecule has 0 aliphatic carbocycles. The van der Waals surface area contributed by atoms with Gasteiger partial charge in [-0.3, -0.25) is 4.79 Å². The zero-order valence-corrected chi connectivity index (χ0v) is 40.1. The maximum absolute atomic E-state index is 13.2. The van der Waals surface area contributed by atoms with Gasteiger partial charge in [0.25, 0.3) is 0 Å². The van der Waals surface area contributed by atoms with Crippen LogP contribution in [0.15, 0.2) is 12.2 Å². The Morgan fingerprint density at radius 1 is 0.522 bits per heavy atom. The van der Waals surface area contributed by atoms with Gasteiger partial charge in [-0.1, -0.05) is 122 Å². The number of aliphatic hydroxyl groups excluding tert-OH is 11. The Labute approximate surface area is 397 Å². The summed E-state index contributed by atoms with van der Waals surface area (Å²) in [7, 11) is 0. The average molecular weight is 968 g/mol. The Morgan fingerprint density at radius 3 is 1.45 bits per heavy atom. The largest absolute Gasteiger partial charge is 0.394 e. The van der Waals surface area contributed by atoms with Crippen LogP contribution in [0.2, 0.25) is 0 Å². The first kappa shape index (κ1) is 59.8. The molecule has 0 aromatic carbocycles. The highest BCUT2D eigenvalue weighted by molar-refractivity contribution is 5.76. The summed E-state index contributed by atoms with van der Waals surface area (Å²) in [6, 6.07) is -0.883. The van der Waals surface area contributed by atoms with Crippen molar-refractivity contribution in [3.05, 3.63) is 12.2 Å². The highest BCUT2D eigenvalue weighted by atomic mass is 16.8. The molecular formula is C48H89NO18. The number of rotatable bonds is 35. The lowest BCUT2D eigenvalue weighted by Gasteiger charge is -2.48. The van der Waals surface area contributed by atoms with Crippen molar-refractivity contribution in [1.82, 2.24) is 5.32 Å². The zero-order chi connectivity index (χ0) is 49.1. The first-order valence-corrected chi connectivity index (χ1v) is 25.4. The number of allylic oxidation sites excluding steroid dienone is 2. The third kappa shape index (κ3) is 20.3.